The molecule has 0 bridgehead atoms. The lowest BCUT2D eigenvalue weighted by Crippen LogP contribution is -2.55. The molecule has 3 N–H and O–H groups in total. The minimum absolute atomic E-state index is 0.335. The van der Waals surface area contributed by atoms with E-state index in [-0.39, 0.29) is 0 Å². The lowest BCUT2D eigenvalue weighted by atomic mass is 9.98. The van der Waals surface area contributed by atoms with Gasteiger partial charge in [0.15, 0.2) is 0 Å². The second-order valence-electron chi connectivity index (χ2n) is 3.72. The molecular formula is C10H16N2O3. The number of rotatable bonds is 4. The average molecular weight is 212 g/mol. The lowest BCUT2D eigenvalue weighted by molar-refractivity contribution is -0.144. The molecule has 0 aromatic heterocycles. The van der Waals surface area contributed by atoms with Gasteiger partial charge in [0, 0.05) is 6.54 Å². The Labute approximate surface area is 88.5 Å². The van der Waals surface area contributed by atoms with Crippen molar-refractivity contribution in [2.75, 3.05) is 6.54 Å². The standard InChI is InChI=1S/C10H16N2O3/c1-2-7-11-9(15)12-10(8(13)14)5-3-4-6-10/h2H,1,3-7H2,(H,13,14)(H2,11,12,15). The van der Waals surface area contributed by atoms with Gasteiger partial charge < -0.3 is 15.7 Å². The third-order valence-electron chi connectivity index (χ3n) is 2.63. The number of aliphatic carboxylic acids is 1. The molecular weight excluding hydrogens is 196 g/mol. The van der Waals surface area contributed by atoms with Gasteiger partial charge >= 0.3 is 12.0 Å². The number of carbonyl (C=O) groups is 2. The summed E-state index contributed by atoms with van der Waals surface area (Å²) < 4.78 is 0. The van der Waals surface area contributed by atoms with Crippen LogP contribution in [0.25, 0.3) is 0 Å². The van der Waals surface area contributed by atoms with E-state index in [4.69, 9.17) is 5.11 Å². The van der Waals surface area contributed by atoms with Gasteiger partial charge in [-0.15, -0.1) is 6.58 Å². The van der Waals surface area contributed by atoms with E-state index in [0.29, 0.717) is 19.4 Å². The van der Waals surface area contributed by atoms with Crippen LogP contribution in [-0.2, 0) is 4.79 Å². The van der Waals surface area contributed by atoms with Crippen molar-refractivity contribution in [2.45, 2.75) is 31.2 Å². The molecule has 1 saturated carbocycles. The van der Waals surface area contributed by atoms with Crippen molar-refractivity contribution >= 4 is 12.0 Å². The van der Waals surface area contributed by atoms with Crippen LogP contribution in [0.5, 0.6) is 0 Å². The molecule has 0 radical (unpaired) electrons. The van der Waals surface area contributed by atoms with Crippen molar-refractivity contribution < 1.29 is 14.7 Å². The third-order valence-corrected chi connectivity index (χ3v) is 2.63. The SMILES string of the molecule is C=CCNC(=O)NC1(C(=O)O)CCCC1. The van der Waals surface area contributed by atoms with Crippen molar-refractivity contribution in [2.24, 2.45) is 0 Å². The molecule has 1 rings (SSSR count). The highest BCUT2D eigenvalue weighted by atomic mass is 16.4. The highest BCUT2D eigenvalue weighted by Gasteiger charge is 2.42. The lowest BCUT2D eigenvalue weighted by Gasteiger charge is -2.25. The van der Waals surface area contributed by atoms with E-state index in [0.717, 1.165) is 12.8 Å². The van der Waals surface area contributed by atoms with Crippen molar-refractivity contribution in [1.29, 1.82) is 0 Å². The maximum atomic E-state index is 11.3. The summed E-state index contributed by atoms with van der Waals surface area (Å²) in [7, 11) is 0. The number of urea groups is 1. The number of carboxylic acid groups (broad SMARTS) is 1. The summed E-state index contributed by atoms with van der Waals surface area (Å²) in [5.41, 5.74) is -1.06. The Kier molecular flexibility index (Phi) is 3.71. The molecule has 0 saturated heterocycles. The molecule has 5 heteroatoms. The Bertz CT molecular complexity index is 270. The molecule has 84 valence electrons. The molecule has 2 amide bonds. The molecule has 1 fully saturated rings. The van der Waals surface area contributed by atoms with Gasteiger partial charge in [0.25, 0.3) is 0 Å². The van der Waals surface area contributed by atoms with Gasteiger partial charge in [-0.3, -0.25) is 0 Å². The number of hydrogen-bond donors (Lipinski definition) is 3. The van der Waals surface area contributed by atoms with Crippen molar-refractivity contribution in [3.63, 3.8) is 0 Å². The molecule has 15 heavy (non-hydrogen) atoms. The number of hydrogen-bond acceptors (Lipinski definition) is 2. The van der Waals surface area contributed by atoms with Gasteiger partial charge in [-0.25, -0.2) is 9.59 Å². The predicted molar refractivity (Wildman–Crippen MR) is 55.6 cm³/mol. The van der Waals surface area contributed by atoms with Crippen LogP contribution in [0.3, 0.4) is 0 Å². The fourth-order valence-corrected chi connectivity index (χ4v) is 1.80. The van der Waals surface area contributed by atoms with Gasteiger partial charge in [0.2, 0.25) is 0 Å². The summed E-state index contributed by atoms with van der Waals surface area (Å²) in [6.07, 6.45) is 4.23. The summed E-state index contributed by atoms with van der Waals surface area (Å²) in [6, 6.07) is -0.445. The molecule has 0 aliphatic heterocycles. The number of amides is 2. The Morgan fingerprint density at radius 1 is 1.40 bits per heavy atom. The average Bonchev–Trinajstić information content (AvgIpc) is 2.64. The van der Waals surface area contributed by atoms with Crippen LogP contribution in [0.15, 0.2) is 12.7 Å². The van der Waals surface area contributed by atoms with E-state index in [1.54, 1.807) is 6.08 Å². The minimum Gasteiger partial charge on any atom is -0.480 e. The first-order chi connectivity index (χ1) is 7.10. The second kappa shape index (κ2) is 4.82. The fourth-order valence-electron chi connectivity index (χ4n) is 1.80. The zero-order chi connectivity index (χ0) is 11.3. The number of carboxylic acids is 1. The molecule has 0 atom stereocenters. The largest absolute Gasteiger partial charge is 0.480 e. The highest BCUT2D eigenvalue weighted by Crippen LogP contribution is 2.29. The first-order valence-corrected chi connectivity index (χ1v) is 5.01. The van der Waals surface area contributed by atoms with Crippen LogP contribution in [-0.4, -0.2) is 29.2 Å². The van der Waals surface area contributed by atoms with Crippen LogP contribution in [0.2, 0.25) is 0 Å². The summed E-state index contributed by atoms with van der Waals surface area (Å²) >= 11 is 0. The summed E-state index contributed by atoms with van der Waals surface area (Å²) in [6.45, 7) is 3.79. The zero-order valence-electron chi connectivity index (χ0n) is 8.58. The van der Waals surface area contributed by atoms with Gasteiger partial charge in [-0.2, -0.15) is 0 Å². The predicted octanol–water partition coefficient (Wildman–Crippen LogP) is 0.869. The van der Waals surface area contributed by atoms with Crippen molar-refractivity contribution in [3.8, 4) is 0 Å². The minimum atomic E-state index is -1.06. The zero-order valence-corrected chi connectivity index (χ0v) is 8.58. The Hall–Kier alpha value is -1.52. The first-order valence-electron chi connectivity index (χ1n) is 5.01. The molecule has 0 aromatic carbocycles. The quantitative estimate of drug-likeness (QED) is 0.605. The van der Waals surface area contributed by atoms with Gasteiger partial charge in [0.05, 0.1) is 0 Å². The van der Waals surface area contributed by atoms with Gasteiger partial charge in [-0.1, -0.05) is 18.9 Å². The van der Waals surface area contributed by atoms with E-state index in [2.05, 4.69) is 17.2 Å². The van der Waals surface area contributed by atoms with Gasteiger partial charge in [0.1, 0.15) is 5.54 Å². The summed E-state index contributed by atoms with van der Waals surface area (Å²) in [5.74, 6) is -0.950. The van der Waals surface area contributed by atoms with E-state index >= 15 is 0 Å². The maximum absolute atomic E-state index is 11.3. The number of carbonyl (C=O) groups excluding carboxylic acids is 1. The van der Waals surface area contributed by atoms with Gasteiger partial charge in [-0.05, 0) is 12.8 Å². The number of nitrogens with one attached hydrogen (secondary N) is 2. The molecule has 1 aliphatic carbocycles. The van der Waals surface area contributed by atoms with E-state index < -0.39 is 17.5 Å². The Morgan fingerprint density at radius 3 is 2.47 bits per heavy atom. The van der Waals surface area contributed by atoms with Crippen LogP contribution >= 0.6 is 0 Å². The molecule has 0 aromatic rings. The third kappa shape index (κ3) is 2.71. The van der Waals surface area contributed by atoms with Crippen LogP contribution in [0, 0.1) is 0 Å². The molecule has 0 unspecified atom stereocenters. The molecule has 0 spiro atoms. The smallest absolute Gasteiger partial charge is 0.329 e. The monoisotopic (exact) mass is 212 g/mol. The molecule has 0 heterocycles. The van der Waals surface area contributed by atoms with Crippen LogP contribution < -0.4 is 10.6 Å². The molecule has 1 aliphatic rings. The van der Waals surface area contributed by atoms with Crippen molar-refractivity contribution in [1.82, 2.24) is 10.6 Å². The van der Waals surface area contributed by atoms with E-state index in [9.17, 15) is 9.59 Å². The van der Waals surface area contributed by atoms with Crippen LogP contribution in [0.1, 0.15) is 25.7 Å². The van der Waals surface area contributed by atoms with E-state index in [1.807, 2.05) is 0 Å². The van der Waals surface area contributed by atoms with E-state index in [1.165, 1.54) is 0 Å². The van der Waals surface area contributed by atoms with Crippen molar-refractivity contribution in [3.05, 3.63) is 12.7 Å². The summed E-state index contributed by atoms with van der Waals surface area (Å²) in [5, 5.41) is 14.1. The second-order valence-corrected chi connectivity index (χ2v) is 3.72. The molecule has 5 nitrogen and oxygen atoms in total. The normalized spacial score (nSPS) is 18.1. The fraction of sp³-hybridized carbons (Fsp3) is 0.600. The summed E-state index contributed by atoms with van der Waals surface area (Å²) in [4.78, 5) is 22.4. The Balaban J connectivity index is 2.55. The Morgan fingerprint density at radius 2 is 2.00 bits per heavy atom. The highest BCUT2D eigenvalue weighted by molar-refractivity contribution is 5.86. The van der Waals surface area contributed by atoms with Crippen LogP contribution in [0.4, 0.5) is 4.79 Å². The first kappa shape index (κ1) is 11.6. The topological polar surface area (TPSA) is 78.4 Å². The maximum Gasteiger partial charge on any atom is 0.329 e.